The summed E-state index contributed by atoms with van der Waals surface area (Å²) in [6.45, 7) is -0.231. The molecule has 1 aliphatic carbocycles. The summed E-state index contributed by atoms with van der Waals surface area (Å²) in [6, 6.07) is 13.0. The molecule has 2 N–H and O–H groups in total. The van der Waals surface area contributed by atoms with E-state index >= 15 is 0 Å². The van der Waals surface area contributed by atoms with Crippen molar-refractivity contribution in [3.8, 4) is 11.5 Å². The van der Waals surface area contributed by atoms with Gasteiger partial charge in [0.25, 0.3) is 17.7 Å². The lowest BCUT2D eigenvalue weighted by Gasteiger charge is -2.35. The van der Waals surface area contributed by atoms with Crippen molar-refractivity contribution in [1.82, 2.24) is 10.2 Å². The Hall–Kier alpha value is -4.14. The molecule has 35 heavy (non-hydrogen) atoms. The van der Waals surface area contributed by atoms with E-state index in [1.807, 2.05) is 18.2 Å². The molecule has 2 aromatic carbocycles. The molecular weight excluding hydrogens is 450 g/mol. The predicted octanol–water partition coefficient (Wildman–Crippen LogP) is 3.51. The van der Waals surface area contributed by atoms with Gasteiger partial charge in [-0.2, -0.15) is 0 Å². The number of nitrogens with one attached hydrogen (secondary N) is 2. The molecule has 5 amide bonds. The normalized spacial score (nSPS) is 17.8. The molecule has 0 spiro atoms. The highest BCUT2D eigenvalue weighted by atomic mass is 16.5. The fraction of sp³-hybridized carbons (Fsp3) is 0.308. The number of para-hydroxylation sites is 1. The molecular formula is C26H27N3O6. The van der Waals surface area contributed by atoms with Crippen molar-refractivity contribution in [2.75, 3.05) is 19.0 Å². The highest BCUT2D eigenvalue weighted by molar-refractivity contribution is 6.31. The molecule has 1 heterocycles. The molecule has 9 nitrogen and oxygen atoms in total. The fourth-order valence-corrected chi connectivity index (χ4v) is 4.26. The Balaban J connectivity index is 1.48. The smallest absolute Gasteiger partial charge is 0.331 e. The van der Waals surface area contributed by atoms with E-state index in [0.717, 1.165) is 32.1 Å². The number of imide groups is 2. The van der Waals surface area contributed by atoms with Crippen LogP contribution in [0, 0.1) is 0 Å². The Morgan fingerprint density at radius 3 is 2.51 bits per heavy atom. The van der Waals surface area contributed by atoms with Gasteiger partial charge in [0, 0.05) is 11.7 Å². The van der Waals surface area contributed by atoms with Crippen molar-refractivity contribution in [2.24, 2.45) is 0 Å². The van der Waals surface area contributed by atoms with Crippen LogP contribution in [0.1, 0.15) is 37.7 Å². The number of nitrogens with zero attached hydrogens (tertiary/aromatic N) is 1. The Labute approximate surface area is 203 Å². The third-order valence-electron chi connectivity index (χ3n) is 5.99. The number of ether oxygens (including phenoxy) is 2. The Morgan fingerprint density at radius 1 is 1.06 bits per heavy atom. The second kappa shape index (κ2) is 10.9. The van der Waals surface area contributed by atoms with Crippen molar-refractivity contribution < 1.29 is 28.7 Å². The average molecular weight is 478 g/mol. The standard InChI is InChI=1S/C26H27N3O6/c1-34-22-15-17(12-13-21(22)35-16-23(30)27-18-8-4-2-5-9-18)14-20-24(31)28-26(33)29(25(20)32)19-10-6-3-7-11-19/h2,4-5,8-9,12-15,19H,3,6-7,10-11,16H2,1H3,(H,27,30)(H,28,31,33). The molecule has 2 aliphatic rings. The number of rotatable bonds is 7. The Bertz CT molecular complexity index is 1150. The van der Waals surface area contributed by atoms with Gasteiger partial charge < -0.3 is 14.8 Å². The van der Waals surface area contributed by atoms with Gasteiger partial charge in [0.2, 0.25) is 0 Å². The van der Waals surface area contributed by atoms with E-state index in [1.54, 1.807) is 30.3 Å². The maximum absolute atomic E-state index is 13.1. The van der Waals surface area contributed by atoms with E-state index in [0.29, 0.717) is 22.7 Å². The van der Waals surface area contributed by atoms with Gasteiger partial charge in [-0.3, -0.25) is 24.6 Å². The Kier molecular flexibility index (Phi) is 7.45. The lowest BCUT2D eigenvalue weighted by Crippen LogP contribution is -2.58. The topological polar surface area (TPSA) is 114 Å². The minimum Gasteiger partial charge on any atom is -0.493 e. The lowest BCUT2D eigenvalue weighted by molar-refractivity contribution is -0.132. The number of benzene rings is 2. The van der Waals surface area contributed by atoms with E-state index in [2.05, 4.69) is 10.6 Å². The van der Waals surface area contributed by atoms with Gasteiger partial charge in [-0.15, -0.1) is 0 Å². The number of carbonyl (C=O) groups excluding carboxylic acids is 4. The number of hydrogen-bond donors (Lipinski definition) is 2. The number of methoxy groups -OCH3 is 1. The van der Waals surface area contributed by atoms with Crippen LogP contribution < -0.4 is 20.1 Å². The minimum atomic E-state index is -0.732. The molecule has 0 atom stereocenters. The minimum absolute atomic E-state index is 0.117. The molecule has 1 aliphatic heterocycles. The van der Waals surface area contributed by atoms with E-state index in [-0.39, 0.29) is 24.1 Å². The molecule has 1 saturated carbocycles. The van der Waals surface area contributed by atoms with Crippen LogP contribution in [0.2, 0.25) is 0 Å². The van der Waals surface area contributed by atoms with E-state index in [4.69, 9.17) is 9.47 Å². The number of hydrogen-bond acceptors (Lipinski definition) is 6. The molecule has 0 aromatic heterocycles. The Morgan fingerprint density at radius 2 is 1.80 bits per heavy atom. The maximum Gasteiger partial charge on any atom is 0.331 e. The molecule has 0 unspecified atom stereocenters. The van der Waals surface area contributed by atoms with Crippen LogP contribution in [0.3, 0.4) is 0 Å². The zero-order chi connectivity index (χ0) is 24.8. The zero-order valence-corrected chi connectivity index (χ0v) is 19.4. The number of barbiturate groups is 1. The SMILES string of the molecule is COc1cc(C=C2C(=O)NC(=O)N(C3CCCCC3)C2=O)ccc1OCC(=O)Nc1ccccc1. The van der Waals surface area contributed by atoms with Gasteiger partial charge in [-0.1, -0.05) is 43.5 Å². The van der Waals surface area contributed by atoms with Crippen LogP contribution in [0.4, 0.5) is 10.5 Å². The van der Waals surface area contributed by atoms with Gasteiger partial charge in [0.15, 0.2) is 18.1 Å². The first-order valence-corrected chi connectivity index (χ1v) is 11.5. The van der Waals surface area contributed by atoms with Gasteiger partial charge in [-0.05, 0) is 48.7 Å². The fourth-order valence-electron chi connectivity index (χ4n) is 4.26. The van der Waals surface area contributed by atoms with Crippen LogP contribution >= 0.6 is 0 Å². The summed E-state index contributed by atoms with van der Waals surface area (Å²) in [5.74, 6) is -1.00. The molecule has 4 rings (SSSR count). The van der Waals surface area contributed by atoms with Crippen molar-refractivity contribution in [3.05, 3.63) is 59.7 Å². The molecule has 2 fully saturated rings. The quantitative estimate of drug-likeness (QED) is 0.466. The van der Waals surface area contributed by atoms with E-state index < -0.39 is 17.8 Å². The maximum atomic E-state index is 13.1. The number of amides is 5. The van der Waals surface area contributed by atoms with Gasteiger partial charge in [0.05, 0.1) is 7.11 Å². The van der Waals surface area contributed by atoms with E-state index in [9.17, 15) is 19.2 Å². The number of urea groups is 1. The second-order valence-electron chi connectivity index (χ2n) is 8.40. The van der Waals surface area contributed by atoms with Gasteiger partial charge in [0.1, 0.15) is 5.57 Å². The molecule has 1 saturated heterocycles. The summed E-state index contributed by atoms with van der Waals surface area (Å²) in [6.07, 6.45) is 5.85. The first-order valence-electron chi connectivity index (χ1n) is 11.5. The van der Waals surface area contributed by atoms with Crippen molar-refractivity contribution in [3.63, 3.8) is 0 Å². The van der Waals surface area contributed by atoms with Crippen LogP contribution in [-0.2, 0) is 14.4 Å². The first kappa shape index (κ1) is 24.0. The monoisotopic (exact) mass is 477 g/mol. The molecule has 0 radical (unpaired) electrons. The first-order chi connectivity index (χ1) is 17.0. The summed E-state index contributed by atoms with van der Waals surface area (Å²) in [4.78, 5) is 51.2. The molecule has 2 aromatic rings. The third kappa shape index (κ3) is 5.68. The summed E-state index contributed by atoms with van der Waals surface area (Å²) in [5, 5.41) is 5.01. The molecule has 182 valence electrons. The van der Waals surface area contributed by atoms with E-state index in [1.165, 1.54) is 18.1 Å². The average Bonchev–Trinajstić information content (AvgIpc) is 2.86. The summed E-state index contributed by atoms with van der Waals surface area (Å²) < 4.78 is 11.0. The summed E-state index contributed by atoms with van der Waals surface area (Å²) in [5.41, 5.74) is 1.05. The number of anilines is 1. The van der Waals surface area contributed by atoms with Crippen LogP contribution in [0.25, 0.3) is 6.08 Å². The zero-order valence-electron chi connectivity index (χ0n) is 19.4. The van der Waals surface area contributed by atoms with Gasteiger partial charge >= 0.3 is 6.03 Å². The summed E-state index contributed by atoms with van der Waals surface area (Å²) in [7, 11) is 1.45. The summed E-state index contributed by atoms with van der Waals surface area (Å²) >= 11 is 0. The number of carbonyl (C=O) groups is 4. The van der Waals surface area contributed by atoms with Crippen molar-refractivity contribution in [1.29, 1.82) is 0 Å². The molecule has 9 heteroatoms. The lowest BCUT2D eigenvalue weighted by atomic mass is 9.93. The second-order valence-corrected chi connectivity index (χ2v) is 8.40. The van der Waals surface area contributed by atoms with Crippen LogP contribution in [0.15, 0.2) is 54.1 Å². The van der Waals surface area contributed by atoms with Crippen LogP contribution in [-0.4, -0.2) is 48.4 Å². The molecule has 0 bridgehead atoms. The van der Waals surface area contributed by atoms with Crippen molar-refractivity contribution in [2.45, 2.75) is 38.1 Å². The highest BCUT2D eigenvalue weighted by Gasteiger charge is 2.40. The van der Waals surface area contributed by atoms with Gasteiger partial charge in [-0.25, -0.2) is 4.79 Å². The van der Waals surface area contributed by atoms with Crippen molar-refractivity contribution >= 4 is 35.5 Å². The highest BCUT2D eigenvalue weighted by Crippen LogP contribution is 2.30. The third-order valence-corrected chi connectivity index (χ3v) is 5.99. The largest absolute Gasteiger partial charge is 0.493 e. The van der Waals surface area contributed by atoms with Crippen LogP contribution in [0.5, 0.6) is 11.5 Å². The predicted molar refractivity (Wildman–Crippen MR) is 129 cm³/mol.